The van der Waals surface area contributed by atoms with Gasteiger partial charge in [0.1, 0.15) is 6.67 Å². The van der Waals surface area contributed by atoms with Crippen LogP contribution in [0.1, 0.15) is 52.6 Å². The number of aryl methyl sites for hydroxylation is 2. The Kier molecular flexibility index (Phi) is 6.34. The van der Waals surface area contributed by atoms with Gasteiger partial charge in [-0.25, -0.2) is 0 Å². The van der Waals surface area contributed by atoms with Crippen LogP contribution in [-0.2, 0) is 12.8 Å². The Bertz CT molecular complexity index is 1250. The number of hydrogen-bond donors (Lipinski definition) is 1. The molecule has 0 fully saturated rings. The number of likely N-dealkylation sites (N-methyl/N-ethyl adjacent to an activating group) is 1. The predicted octanol–water partition coefficient (Wildman–Crippen LogP) is 3.14. The van der Waals surface area contributed by atoms with Crippen molar-refractivity contribution in [3.05, 3.63) is 99.0 Å². The van der Waals surface area contributed by atoms with Gasteiger partial charge in [0, 0.05) is 25.4 Å². The zero-order valence-electron chi connectivity index (χ0n) is 20.4. The van der Waals surface area contributed by atoms with Crippen molar-refractivity contribution in [1.82, 2.24) is 14.5 Å². The molecule has 1 amide bonds. The Hall–Kier alpha value is -3.58. The summed E-state index contributed by atoms with van der Waals surface area (Å²) in [4.78, 5) is 29.9. The van der Waals surface area contributed by atoms with Crippen molar-refractivity contribution in [1.29, 1.82) is 0 Å². The highest BCUT2D eigenvalue weighted by atomic mass is 16.3. The van der Waals surface area contributed by atoms with E-state index in [1.165, 1.54) is 28.3 Å². The van der Waals surface area contributed by atoms with Gasteiger partial charge in [0.15, 0.2) is 11.4 Å². The number of aromatic hydroxyl groups is 1. The number of rotatable bonds is 6. The molecule has 2 aromatic carbocycles. The second-order valence-corrected chi connectivity index (χ2v) is 9.20. The summed E-state index contributed by atoms with van der Waals surface area (Å²) in [6, 6.07) is 18.1. The van der Waals surface area contributed by atoms with Gasteiger partial charge >= 0.3 is 0 Å². The lowest BCUT2D eigenvalue weighted by Crippen LogP contribution is -2.56. The minimum atomic E-state index is -0.545. The molecule has 35 heavy (non-hydrogen) atoms. The molecule has 1 aliphatic carbocycles. The molecule has 1 aliphatic heterocycles. The van der Waals surface area contributed by atoms with Crippen molar-refractivity contribution in [3.63, 3.8) is 0 Å². The van der Waals surface area contributed by atoms with Crippen molar-refractivity contribution in [2.24, 2.45) is 0 Å². The molecule has 182 valence electrons. The van der Waals surface area contributed by atoms with E-state index in [1.54, 1.807) is 15.8 Å². The number of carbonyl (C=O) groups excluding carboxylic acids is 1. The first-order valence-corrected chi connectivity index (χ1v) is 12.4. The fourth-order valence-corrected chi connectivity index (χ4v) is 5.38. The van der Waals surface area contributed by atoms with Crippen LogP contribution in [-0.4, -0.2) is 58.3 Å². The van der Waals surface area contributed by atoms with Crippen LogP contribution in [0.2, 0.25) is 0 Å². The van der Waals surface area contributed by atoms with Gasteiger partial charge in [-0.15, -0.1) is 0 Å². The third-order valence-electron chi connectivity index (χ3n) is 7.38. The number of amides is 1. The summed E-state index contributed by atoms with van der Waals surface area (Å²) in [6.45, 7) is 7.59. The third kappa shape index (κ3) is 4.10. The first-order chi connectivity index (χ1) is 17.0. The minimum Gasteiger partial charge on any atom is -0.502 e. The smallest absolute Gasteiger partial charge is 0.277 e. The first-order valence-electron chi connectivity index (χ1n) is 12.4. The fourth-order valence-electron chi connectivity index (χ4n) is 5.38. The largest absolute Gasteiger partial charge is 0.502 e. The average molecular weight is 473 g/mol. The molecule has 3 aromatic rings. The van der Waals surface area contributed by atoms with Gasteiger partial charge in [-0.3, -0.25) is 19.3 Å². The summed E-state index contributed by atoms with van der Waals surface area (Å²) in [5.74, 6) is -0.816. The quantitative estimate of drug-likeness (QED) is 0.597. The van der Waals surface area contributed by atoms with E-state index in [1.807, 2.05) is 0 Å². The second-order valence-electron chi connectivity index (χ2n) is 9.20. The minimum absolute atomic E-state index is 0.0301. The normalized spacial score (nSPS) is 15.6. The van der Waals surface area contributed by atoms with Crippen molar-refractivity contribution in [3.8, 4) is 5.75 Å². The molecule has 0 radical (unpaired) electrons. The summed E-state index contributed by atoms with van der Waals surface area (Å²) in [5, 5.41) is 12.9. The number of pyridine rings is 1. The summed E-state index contributed by atoms with van der Waals surface area (Å²) in [6.07, 6.45) is 3.49. The standard InChI is InChI=1S/C28H32N4O3/c1-3-29(4-2)17-18-30-19-32(31-16-15-24(33)27(34)26(31)28(30)35)25-22-11-7-5-9-20(22)13-14-21-10-6-8-12-23(21)25/h5-12,15-16,25,34H,3-4,13-14,17-19H2,1-2H3. The summed E-state index contributed by atoms with van der Waals surface area (Å²) in [7, 11) is 0. The molecule has 0 unspecified atom stereocenters. The van der Waals surface area contributed by atoms with E-state index < -0.39 is 11.2 Å². The predicted molar refractivity (Wildman–Crippen MR) is 136 cm³/mol. The van der Waals surface area contributed by atoms with Gasteiger partial charge in [-0.2, -0.15) is 0 Å². The highest BCUT2D eigenvalue weighted by molar-refractivity contribution is 5.96. The van der Waals surface area contributed by atoms with Gasteiger partial charge in [-0.1, -0.05) is 62.4 Å². The van der Waals surface area contributed by atoms with E-state index in [0.717, 1.165) is 32.5 Å². The van der Waals surface area contributed by atoms with E-state index in [9.17, 15) is 14.7 Å². The number of benzene rings is 2. The Morgan fingerprint density at radius 1 is 0.914 bits per heavy atom. The zero-order valence-corrected chi connectivity index (χ0v) is 20.4. The second kappa shape index (κ2) is 9.58. The van der Waals surface area contributed by atoms with Crippen LogP contribution in [0.5, 0.6) is 5.75 Å². The molecule has 7 heteroatoms. The molecule has 2 heterocycles. The van der Waals surface area contributed by atoms with Crippen LogP contribution in [0, 0.1) is 0 Å². The van der Waals surface area contributed by atoms with E-state index in [4.69, 9.17) is 0 Å². The van der Waals surface area contributed by atoms with Crippen LogP contribution in [0.15, 0.2) is 65.6 Å². The van der Waals surface area contributed by atoms with E-state index in [0.29, 0.717) is 13.2 Å². The van der Waals surface area contributed by atoms with E-state index in [-0.39, 0.29) is 17.6 Å². The number of aromatic nitrogens is 1. The van der Waals surface area contributed by atoms with Gasteiger partial charge in [0.05, 0.1) is 6.04 Å². The lowest BCUT2D eigenvalue weighted by atomic mass is 9.94. The Labute approximate surface area is 205 Å². The average Bonchev–Trinajstić information content (AvgIpc) is 3.05. The molecule has 7 nitrogen and oxygen atoms in total. The van der Waals surface area contributed by atoms with E-state index >= 15 is 0 Å². The fraction of sp³-hybridized carbons (Fsp3) is 0.357. The monoisotopic (exact) mass is 472 g/mol. The topological polar surface area (TPSA) is 69.0 Å². The molecular weight excluding hydrogens is 440 g/mol. The van der Waals surface area contributed by atoms with Gasteiger partial charge < -0.3 is 14.9 Å². The molecule has 0 spiro atoms. The molecule has 0 atom stereocenters. The molecule has 0 bridgehead atoms. The van der Waals surface area contributed by atoms with Crippen LogP contribution in [0.25, 0.3) is 0 Å². The maximum atomic E-state index is 13.5. The highest BCUT2D eigenvalue weighted by Gasteiger charge is 2.38. The lowest BCUT2D eigenvalue weighted by Gasteiger charge is -2.44. The van der Waals surface area contributed by atoms with Crippen LogP contribution in [0.4, 0.5) is 0 Å². The number of hydrogen-bond acceptors (Lipinski definition) is 5. The maximum Gasteiger partial charge on any atom is 0.277 e. The summed E-state index contributed by atoms with van der Waals surface area (Å²) >= 11 is 0. The molecule has 5 rings (SSSR count). The Morgan fingerprint density at radius 2 is 1.51 bits per heavy atom. The van der Waals surface area contributed by atoms with Crippen molar-refractivity contribution in [2.75, 3.05) is 37.9 Å². The summed E-state index contributed by atoms with van der Waals surface area (Å²) in [5.41, 5.74) is 4.39. The zero-order chi connectivity index (χ0) is 24.5. The first kappa shape index (κ1) is 23.2. The van der Waals surface area contributed by atoms with Crippen LogP contribution >= 0.6 is 0 Å². The SMILES string of the molecule is CCN(CC)CCN1CN(C2c3ccccc3CCc3ccccc32)n2ccc(=O)c(O)c2C1=O. The van der Waals surface area contributed by atoms with Crippen molar-refractivity contribution in [2.45, 2.75) is 32.7 Å². The van der Waals surface area contributed by atoms with Gasteiger partial charge in [0.25, 0.3) is 5.91 Å². The van der Waals surface area contributed by atoms with Crippen molar-refractivity contribution >= 4 is 5.91 Å². The lowest BCUT2D eigenvalue weighted by molar-refractivity contribution is 0.0659. The molecular formula is C28H32N4O3. The number of carbonyl (C=O) groups is 1. The molecule has 1 aromatic heterocycles. The maximum absolute atomic E-state index is 13.5. The number of nitrogens with zero attached hydrogens (tertiary/aromatic N) is 4. The molecule has 0 saturated carbocycles. The van der Waals surface area contributed by atoms with Gasteiger partial charge in [-0.05, 0) is 48.2 Å². The molecule has 2 aliphatic rings. The Morgan fingerprint density at radius 3 is 2.11 bits per heavy atom. The Balaban J connectivity index is 1.67. The molecule has 0 saturated heterocycles. The van der Waals surface area contributed by atoms with E-state index in [2.05, 4.69) is 72.3 Å². The van der Waals surface area contributed by atoms with Gasteiger partial charge in [0.2, 0.25) is 5.43 Å². The third-order valence-corrected chi connectivity index (χ3v) is 7.38. The number of fused-ring (bicyclic) bond motifs is 3. The summed E-state index contributed by atoms with van der Waals surface area (Å²) < 4.78 is 1.69. The van der Waals surface area contributed by atoms with Crippen LogP contribution < -0.4 is 10.4 Å². The highest BCUT2D eigenvalue weighted by Crippen LogP contribution is 2.38. The molecule has 1 N–H and O–H groups in total. The van der Waals surface area contributed by atoms with Crippen molar-refractivity contribution < 1.29 is 9.90 Å². The van der Waals surface area contributed by atoms with Crippen LogP contribution in [0.3, 0.4) is 0 Å².